The van der Waals surface area contributed by atoms with Crippen LogP contribution in [0.5, 0.6) is 11.5 Å². The van der Waals surface area contributed by atoms with Crippen LogP contribution >= 0.6 is 0 Å². The Morgan fingerprint density at radius 1 is 1.07 bits per heavy atom. The zero-order valence-corrected chi connectivity index (χ0v) is 17.9. The number of piperidine rings is 1. The van der Waals surface area contributed by atoms with E-state index in [0.717, 1.165) is 45.1 Å². The number of amides is 2. The second kappa shape index (κ2) is 8.46. The number of carbonyl (C=O) groups excluding carboxylic acids is 2. The number of rotatable bonds is 4. The molecule has 2 saturated heterocycles. The van der Waals surface area contributed by atoms with Crippen LogP contribution in [0.25, 0.3) is 0 Å². The van der Waals surface area contributed by atoms with E-state index in [2.05, 4.69) is 0 Å². The summed E-state index contributed by atoms with van der Waals surface area (Å²) < 4.78 is 10.7. The topological polar surface area (TPSA) is 79.3 Å². The third-order valence-electron chi connectivity index (χ3n) is 7.13. The Labute approximate surface area is 177 Å². The molecule has 3 aliphatic rings. The number of benzene rings is 1. The van der Waals surface area contributed by atoms with Gasteiger partial charge in [0.15, 0.2) is 0 Å². The third kappa shape index (κ3) is 3.53. The fourth-order valence-corrected chi connectivity index (χ4v) is 5.51. The van der Waals surface area contributed by atoms with Gasteiger partial charge in [-0.15, -0.1) is 0 Å². The average molecular weight is 417 g/mol. The summed E-state index contributed by atoms with van der Waals surface area (Å²) in [4.78, 5) is 31.1. The first-order valence-electron chi connectivity index (χ1n) is 11.0. The minimum Gasteiger partial charge on any atom is -0.497 e. The average Bonchev–Trinajstić information content (AvgIpc) is 3.20. The highest BCUT2D eigenvalue weighted by molar-refractivity contribution is 6.02. The summed E-state index contributed by atoms with van der Waals surface area (Å²) in [6.07, 6.45) is 6.06. The molecule has 2 heterocycles. The highest BCUT2D eigenvalue weighted by Gasteiger charge is 2.54. The molecule has 4 rings (SSSR count). The van der Waals surface area contributed by atoms with Crippen molar-refractivity contribution in [1.29, 1.82) is 0 Å². The summed E-state index contributed by atoms with van der Waals surface area (Å²) in [5, 5.41) is 9.85. The van der Waals surface area contributed by atoms with Crippen LogP contribution in [0.1, 0.15) is 61.7 Å². The second-order valence-electron chi connectivity index (χ2n) is 8.72. The number of hydrogen-bond acceptors (Lipinski definition) is 5. The Hall–Kier alpha value is -2.28. The van der Waals surface area contributed by atoms with Gasteiger partial charge in [-0.2, -0.15) is 0 Å². The van der Waals surface area contributed by atoms with Crippen LogP contribution in [0.3, 0.4) is 0 Å². The van der Waals surface area contributed by atoms with Crippen LogP contribution in [0.15, 0.2) is 18.2 Å². The molecule has 1 aromatic rings. The van der Waals surface area contributed by atoms with E-state index in [0.29, 0.717) is 36.4 Å². The normalized spacial score (nSPS) is 29.4. The number of nitrogens with zero attached hydrogens (tertiary/aromatic N) is 2. The molecule has 2 aliphatic heterocycles. The summed E-state index contributed by atoms with van der Waals surface area (Å²) in [5.74, 6) is 1.02. The van der Waals surface area contributed by atoms with Gasteiger partial charge in [-0.3, -0.25) is 9.59 Å². The standard InChI is InChI=1S/C23H32N2O5/c1-29-18-9-10-19(20(15-18)30-2)21(27)25-14-4-12-23(25)11-3-13-24(22(23)28)16-5-7-17(26)8-6-16/h9-10,15-17,26H,3-8,11-14H2,1-2H3. The molecule has 7 nitrogen and oxygen atoms in total. The molecule has 30 heavy (non-hydrogen) atoms. The van der Waals surface area contributed by atoms with Crippen molar-refractivity contribution in [3.8, 4) is 11.5 Å². The number of ether oxygens (including phenoxy) is 2. The SMILES string of the molecule is COc1ccc(C(=O)N2CCCC23CCCN(C2CCC(O)CC2)C3=O)c(OC)c1. The molecule has 7 heteroatoms. The predicted molar refractivity (Wildman–Crippen MR) is 112 cm³/mol. The molecule has 0 bridgehead atoms. The molecule has 1 N–H and O–H groups in total. The smallest absolute Gasteiger partial charge is 0.258 e. The number of hydrogen-bond donors (Lipinski definition) is 1. The molecule has 1 saturated carbocycles. The van der Waals surface area contributed by atoms with Gasteiger partial charge in [0, 0.05) is 25.2 Å². The van der Waals surface area contributed by atoms with Crippen LogP contribution in [-0.2, 0) is 4.79 Å². The summed E-state index contributed by atoms with van der Waals surface area (Å²) in [7, 11) is 3.11. The summed E-state index contributed by atoms with van der Waals surface area (Å²) >= 11 is 0. The van der Waals surface area contributed by atoms with Crippen molar-refractivity contribution in [2.75, 3.05) is 27.3 Å². The fraction of sp³-hybridized carbons (Fsp3) is 0.652. The lowest BCUT2D eigenvalue weighted by atomic mass is 9.82. The maximum Gasteiger partial charge on any atom is 0.258 e. The van der Waals surface area contributed by atoms with Crippen LogP contribution < -0.4 is 9.47 Å². The summed E-state index contributed by atoms with van der Waals surface area (Å²) in [6, 6.07) is 5.35. The number of methoxy groups -OCH3 is 2. The van der Waals surface area contributed by atoms with Crippen molar-refractivity contribution < 1.29 is 24.2 Å². The molecule has 1 aliphatic carbocycles. The second-order valence-corrected chi connectivity index (χ2v) is 8.72. The summed E-state index contributed by atoms with van der Waals surface area (Å²) in [5.41, 5.74) is -0.290. The largest absolute Gasteiger partial charge is 0.497 e. The monoisotopic (exact) mass is 416 g/mol. The third-order valence-corrected chi connectivity index (χ3v) is 7.13. The Morgan fingerprint density at radius 2 is 1.77 bits per heavy atom. The van der Waals surface area contributed by atoms with Crippen molar-refractivity contribution in [3.05, 3.63) is 23.8 Å². The molecule has 164 valence electrons. The van der Waals surface area contributed by atoms with E-state index in [4.69, 9.17) is 9.47 Å². The van der Waals surface area contributed by atoms with E-state index >= 15 is 0 Å². The van der Waals surface area contributed by atoms with E-state index in [-0.39, 0.29) is 24.0 Å². The van der Waals surface area contributed by atoms with Gasteiger partial charge in [0.05, 0.1) is 25.9 Å². The maximum atomic E-state index is 13.7. The van der Waals surface area contributed by atoms with E-state index in [1.807, 2.05) is 4.90 Å². The minimum atomic E-state index is -0.754. The quantitative estimate of drug-likeness (QED) is 0.816. The number of likely N-dealkylation sites (tertiary alicyclic amines) is 2. The molecule has 1 spiro atoms. The number of aliphatic hydroxyl groups excluding tert-OH is 1. The van der Waals surface area contributed by atoms with Gasteiger partial charge in [-0.05, 0) is 63.5 Å². The molecule has 2 amide bonds. The lowest BCUT2D eigenvalue weighted by Gasteiger charge is -2.48. The van der Waals surface area contributed by atoms with E-state index < -0.39 is 5.54 Å². The lowest BCUT2D eigenvalue weighted by molar-refractivity contribution is -0.149. The van der Waals surface area contributed by atoms with E-state index in [1.165, 1.54) is 7.11 Å². The first-order chi connectivity index (χ1) is 14.5. The first kappa shape index (κ1) is 21.0. The minimum absolute atomic E-state index is 0.0912. The first-order valence-corrected chi connectivity index (χ1v) is 11.0. The molecular weight excluding hydrogens is 384 g/mol. The van der Waals surface area contributed by atoms with Gasteiger partial charge in [-0.25, -0.2) is 0 Å². The van der Waals surface area contributed by atoms with Gasteiger partial charge < -0.3 is 24.4 Å². The highest BCUT2D eigenvalue weighted by atomic mass is 16.5. The van der Waals surface area contributed by atoms with Crippen LogP contribution in [0.2, 0.25) is 0 Å². The van der Waals surface area contributed by atoms with Gasteiger partial charge in [-0.1, -0.05) is 0 Å². The van der Waals surface area contributed by atoms with Crippen molar-refractivity contribution in [1.82, 2.24) is 9.80 Å². The van der Waals surface area contributed by atoms with Gasteiger partial charge in [0.1, 0.15) is 17.0 Å². The van der Waals surface area contributed by atoms with Crippen LogP contribution in [0, 0.1) is 0 Å². The van der Waals surface area contributed by atoms with Crippen molar-refractivity contribution >= 4 is 11.8 Å². The Morgan fingerprint density at radius 3 is 2.43 bits per heavy atom. The van der Waals surface area contributed by atoms with Crippen molar-refractivity contribution in [2.45, 2.75) is 69.1 Å². The number of aliphatic hydroxyl groups is 1. The van der Waals surface area contributed by atoms with Crippen molar-refractivity contribution in [3.63, 3.8) is 0 Å². The molecule has 0 aromatic heterocycles. The van der Waals surface area contributed by atoms with Crippen LogP contribution in [0.4, 0.5) is 0 Å². The zero-order valence-electron chi connectivity index (χ0n) is 17.9. The summed E-state index contributed by atoms with van der Waals surface area (Å²) in [6.45, 7) is 1.33. The van der Waals surface area contributed by atoms with E-state index in [1.54, 1.807) is 30.2 Å². The number of carbonyl (C=O) groups is 2. The van der Waals surface area contributed by atoms with Gasteiger partial charge >= 0.3 is 0 Å². The fourth-order valence-electron chi connectivity index (χ4n) is 5.51. The Bertz CT molecular complexity index is 805. The maximum absolute atomic E-state index is 13.7. The van der Waals surface area contributed by atoms with E-state index in [9.17, 15) is 14.7 Å². The lowest BCUT2D eigenvalue weighted by Crippen LogP contribution is -2.63. The zero-order chi connectivity index (χ0) is 21.3. The molecular formula is C23H32N2O5. The molecule has 1 atom stereocenters. The van der Waals surface area contributed by atoms with Crippen LogP contribution in [-0.4, -0.2) is 71.7 Å². The van der Waals surface area contributed by atoms with Gasteiger partial charge in [0.25, 0.3) is 5.91 Å². The highest BCUT2D eigenvalue weighted by Crippen LogP contribution is 2.42. The molecule has 1 aromatic carbocycles. The molecule has 3 fully saturated rings. The Kier molecular flexibility index (Phi) is 5.91. The van der Waals surface area contributed by atoms with Crippen molar-refractivity contribution in [2.24, 2.45) is 0 Å². The predicted octanol–water partition coefficient (Wildman–Crippen LogP) is 2.60. The molecule has 1 unspecified atom stereocenters. The molecule has 0 radical (unpaired) electrons. The Balaban J connectivity index is 1.60. The van der Waals surface area contributed by atoms with Gasteiger partial charge in [0.2, 0.25) is 5.91 Å².